The predicted molar refractivity (Wildman–Crippen MR) is 54.8 cm³/mol. The van der Waals surface area contributed by atoms with Crippen molar-refractivity contribution in [3.8, 4) is 0 Å². The minimum absolute atomic E-state index is 0.0235. The van der Waals surface area contributed by atoms with Crippen LogP contribution in [0.1, 0.15) is 6.92 Å². The SMILES string of the molecule is CCN(C1CNC1)S(=O)(=O)CC(=O)OC. The summed E-state index contributed by atoms with van der Waals surface area (Å²) in [7, 11) is -2.35. The molecule has 1 aliphatic rings. The van der Waals surface area contributed by atoms with Crippen LogP contribution in [0.25, 0.3) is 0 Å². The molecule has 88 valence electrons. The number of ether oxygens (including phenoxy) is 1. The molecule has 15 heavy (non-hydrogen) atoms. The summed E-state index contributed by atoms with van der Waals surface area (Å²) in [5.74, 6) is -1.30. The van der Waals surface area contributed by atoms with Gasteiger partial charge in [-0.15, -0.1) is 0 Å². The first-order chi connectivity index (χ1) is 7.01. The third-order valence-corrected chi connectivity index (χ3v) is 4.24. The van der Waals surface area contributed by atoms with Crippen LogP contribution >= 0.6 is 0 Å². The molecule has 0 aromatic carbocycles. The average molecular weight is 236 g/mol. The molecule has 0 radical (unpaired) electrons. The van der Waals surface area contributed by atoms with Crippen molar-refractivity contribution < 1.29 is 17.9 Å². The maximum absolute atomic E-state index is 11.8. The number of esters is 1. The van der Waals surface area contributed by atoms with Gasteiger partial charge < -0.3 is 10.1 Å². The predicted octanol–water partition coefficient (Wildman–Crippen LogP) is -1.22. The van der Waals surface area contributed by atoms with Crippen LogP contribution in [0.2, 0.25) is 0 Å². The standard InChI is InChI=1S/C8H16N2O4S/c1-3-10(7-4-9-5-7)15(12,13)6-8(11)14-2/h7,9H,3-6H2,1-2H3. The molecule has 0 unspecified atom stereocenters. The zero-order valence-corrected chi connectivity index (χ0v) is 9.71. The maximum Gasteiger partial charge on any atom is 0.322 e. The van der Waals surface area contributed by atoms with Crippen molar-refractivity contribution in [2.75, 3.05) is 32.5 Å². The van der Waals surface area contributed by atoms with Crippen LogP contribution in [0.5, 0.6) is 0 Å². The fourth-order valence-electron chi connectivity index (χ4n) is 1.45. The number of methoxy groups -OCH3 is 1. The van der Waals surface area contributed by atoms with E-state index in [0.29, 0.717) is 19.6 Å². The van der Waals surface area contributed by atoms with E-state index in [-0.39, 0.29) is 6.04 Å². The summed E-state index contributed by atoms with van der Waals surface area (Å²) in [5.41, 5.74) is 0. The lowest BCUT2D eigenvalue weighted by molar-refractivity contribution is -0.137. The van der Waals surface area contributed by atoms with E-state index >= 15 is 0 Å². The van der Waals surface area contributed by atoms with E-state index in [9.17, 15) is 13.2 Å². The molecule has 1 N–H and O–H groups in total. The van der Waals surface area contributed by atoms with E-state index < -0.39 is 21.7 Å². The van der Waals surface area contributed by atoms with Crippen molar-refractivity contribution in [2.45, 2.75) is 13.0 Å². The van der Waals surface area contributed by atoms with Gasteiger partial charge in [0.1, 0.15) is 0 Å². The van der Waals surface area contributed by atoms with Crippen LogP contribution in [-0.4, -0.2) is 57.2 Å². The van der Waals surface area contributed by atoms with E-state index in [1.807, 2.05) is 0 Å². The topological polar surface area (TPSA) is 75.7 Å². The normalized spacial score (nSPS) is 17.5. The zero-order valence-electron chi connectivity index (χ0n) is 8.89. The van der Waals surface area contributed by atoms with Crippen LogP contribution in [0, 0.1) is 0 Å². The molecule has 0 aromatic rings. The van der Waals surface area contributed by atoms with Gasteiger partial charge in [-0.25, -0.2) is 8.42 Å². The molecule has 1 heterocycles. The Kier molecular flexibility index (Phi) is 4.06. The van der Waals surface area contributed by atoms with Crippen LogP contribution in [0.15, 0.2) is 0 Å². The number of sulfonamides is 1. The Bertz CT molecular complexity index is 324. The molecule has 0 atom stereocenters. The molecular formula is C8H16N2O4S. The van der Waals surface area contributed by atoms with Gasteiger partial charge in [-0.2, -0.15) is 4.31 Å². The van der Waals surface area contributed by atoms with Gasteiger partial charge in [0.15, 0.2) is 5.75 Å². The number of hydrogen-bond acceptors (Lipinski definition) is 5. The molecule has 6 nitrogen and oxygen atoms in total. The van der Waals surface area contributed by atoms with Crippen LogP contribution in [0.3, 0.4) is 0 Å². The minimum atomic E-state index is -3.53. The number of likely N-dealkylation sites (N-methyl/N-ethyl adjacent to an activating group) is 1. The molecule has 1 aliphatic heterocycles. The molecule has 1 saturated heterocycles. The number of rotatable bonds is 5. The molecule has 0 spiro atoms. The Morgan fingerprint density at radius 1 is 1.53 bits per heavy atom. The Hall–Kier alpha value is -0.660. The number of carbonyl (C=O) groups is 1. The number of hydrogen-bond donors (Lipinski definition) is 1. The smallest absolute Gasteiger partial charge is 0.322 e. The van der Waals surface area contributed by atoms with E-state index in [1.54, 1.807) is 6.92 Å². The van der Waals surface area contributed by atoms with Crippen LogP contribution in [0.4, 0.5) is 0 Å². The second-order valence-electron chi connectivity index (χ2n) is 3.35. The molecular weight excluding hydrogens is 220 g/mol. The maximum atomic E-state index is 11.8. The van der Waals surface area contributed by atoms with E-state index in [1.165, 1.54) is 11.4 Å². The van der Waals surface area contributed by atoms with E-state index in [2.05, 4.69) is 10.1 Å². The highest BCUT2D eigenvalue weighted by Crippen LogP contribution is 2.11. The highest BCUT2D eigenvalue weighted by atomic mass is 32.2. The summed E-state index contributed by atoms with van der Waals surface area (Å²) in [6.07, 6.45) is 0. The fourth-order valence-corrected chi connectivity index (χ4v) is 3.03. The van der Waals surface area contributed by atoms with Gasteiger partial charge >= 0.3 is 5.97 Å². The van der Waals surface area contributed by atoms with Gasteiger partial charge in [0.05, 0.1) is 7.11 Å². The third-order valence-electron chi connectivity index (χ3n) is 2.36. The summed E-state index contributed by atoms with van der Waals surface area (Å²) >= 11 is 0. The van der Waals surface area contributed by atoms with Crippen LogP contribution in [-0.2, 0) is 19.6 Å². The van der Waals surface area contributed by atoms with Gasteiger partial charge in [-0.1, -0.05) is 6.92 Å². The second-order valence-corrected chi connectivity index (χ2v) is 5.27. The first kappa shape index (κ1) is 12.4. The Morgan fingerprint density at radius 2 is 2.13 bits per heavy atom. The monoisotopic (exact) mass is 236 g/mol. The van der Waals surface area contributed by atoms with Crippen molar-refractivity contribution in [3.63, 3.8) is 0 Å². The van der Waals surface area contributed by atoms with Crippen molar-refractivity contribution in [3.05, 3.63) is 0 Å². The summed E-state index contributed by atoms with van der Waals surface area (Å²) in [6.45, 7) is 3.43. The first-order valence-corrected chi connectivity index (χ1v) is 6.39. The number of nitrogens with one attached hydrogen (secondary N) is 1. The van der Waals surface area contributed by atoms with E-state index in [0.717, 1.165) is 0 Å². The lowest BCUT2D eigenvalue weighted by Gasteiger charge is -2.36. The highest BCUT2D eigenvalue weighted by Gasteiger charge is 2.33. The minimum Gasteiger partial charge on any atom is -0.468 e. The van der Waals surface area contributed by atoms with Gasteiger partial charge in [-0.05, 0) is 0 Å². The fraction of sp³-hybridized carbons (Fsp3) is 0.875. The van der Waals surface area contributed by atoms with Crippen molar-refractivity contribution in [2.24, 2.45) is 0 Å². The van der Waals surface area contributed by atoms with Crippen molar-refractivity contribution >= 4 is 16.0 Å². The number of carbonyl (C=O) groups excluding carboxylic acids is 1. The Labute approximate surface area is 89.6 Å². The zero-order chi connectivity index (χ0) is 11.5. The summed E-state index contributed by atoms with van der Waals surface area (Å²) < 4.78 is 29.2. The first-order valence-electron chi connectivity index (χ1n) is 4.78. The van der Waals surface area contributed by atoms with Gasteiger partial charge in [0.25, 0.3) is 0 Å². The molecule has 0 bridgehead atoms. The quantitative estimate of drug-likeness (QED) is 0.606. The van der Waals surface area contributed by atoms with Gasteiger partial charge in [0.2, 0.25) is 10.0 Å². The molecule has 0 saturated carbocycles. The third kappa shape index (κ3) is 2.90. The molecule has 0 aliphatic carbocycles. The van der Waals surface area contributed by atoms with E-state index in [4.69, 9.17) is 0 Å². The largest absolute Gasteiger partial charge is 0.468 e. The van der Waals surface area contributed by atoms with Gasteiger partial charge in [0, 0.05) is 25.7 Å². The molecule has 7 heteroatoms. The number of nitrogens with zero attached hydrogens (tertiary/aromatic N) is 1. The Morgan fingerprint density at radius 3 is 2.47 bits per heavy atom. The highest BCUT2D eigenvalue weighted by molar-refractivity contribution is 7.89. The summed E-state index contributed by atoms with van der Waals surface area (Å²) in [4.78, 5) is 10.9. The molecule has 0 amide bonds. The molecule has 1 fully saturated rings. The van der Waals surface area contributed by atoms with Crippen molar-refractivity contribution in [1.29, 1.82) is 0 Å². The van der Waals surface area contributed by atoms with Crippen LogP contribution < -0.4 is 5.32 Å². The average Bonchev–Trinajstić information content (AvgIpc) is 2.09. The summed E-state index contributed by atoms with van der Waals surface area (Å²) in [6, 6.07) is -0.0235. The Balaban J connectivity index is 2.68. The second kappa shape index (κ2) is 4.91. The summed E-state index contributed by atoms with van der Waals surface area (Å²) in [5, 5.41) is 2.99. The lowest BCUT2D eigenvalue weighted by atomic mass is 10.2. The van der Waals surface area contributed by atoms with Crippen molar-refractivity contribution in [1.82, 2.24) is 9.62 Å². The molecule has 0 aromatic heterocycles. The molecule has 1 rings (SSSR count). The lowest BCUT2D eigenvalue weighted by Crippen LogP contribution is -2.59. The van der Waals surface area contributed by atoms with Gasteiger partial charge in [-0.3, -0.25) is 4.79 Å².